The van der Waals surface area contributed by atoms with Gasteiger partial charge in [-0.15, -0.1) is 11.3 Å². The molecule has 1 heterocycles. The van der Waals surface area contributed by atoms with Gasteiger partial charge >= 0.3 is 0 Å². The molecule has 3 rings (SSSR count). The third-order valence-corrected chi connectivity index (χ3v) is 4.94. The monoisotopic (exact) mass is 375 g/mol. The van der Waals surface area contributed by atoms with Gasteiger partial charge in [0.1, 0.15) is 0 Å². The Balaban J connectivity index is 1.72. The van der Waals surface area contributed by atoms with Crippen LogP contribution in [0.15, 0.2) is 46.9 Å². The Morgan fingerprint density at radius 1 is 1.08 bits per heavy atom. The fourth-order valence-corrected chi connectivity index (χ4v) is 3.25. The van der Waals surface area contributed by atoms with E-state index in [2.05, 4.69) is 47.6 Å². The van der Waals surface area contributed by atoms with Crippen molar-refractivity contribution >= 4 is 45.9 Å². The molecule has 3 aromatic rings. The summed E-state index contributed by atoms with van der Waals surface area (Å²) in [7, 11) is 0. The Hall–Kier alpha value is -1.88. The van der Waals surface area contributed by atoms with Gasteiger partial charge in [0.25, 0.3) is 0 Å². The highest BCUT2D eigenvalue weighted by atomic mass is 35.5. The van der Waals surface area contributed by atoms with E-state index in [0.717, 1.165) is 22.0 Å². The Bertz CT molecular complexity index is 903. The van der Waals surface area contributed by atoms with Gasteiger partial charge in [-0.1, -0.05) is 41.4 Å². The lowest BCUT2D eigenvalue weighted by Crippen LogP contribution is -1.91. The SMILES string of the molecule is Cc1ccc(-c2csc(N/N=C\c3ccc(Cl)cc3Cl)n2)cc1C. The molecule has 0 aliphatic rings. The van der Waals surface area contributed by atoms with E-state index in [0.29, 0.717) is 10.0 Å². The van der Waals surface area contributed by atoms with Crippen LogP contribution >= 0.6 is 34.5 Å². The zero-order valence-electron chi connectivity index (χ0n) is 13.2. The molecule has 0 aliphatic carbocycles. The van der Waals surface area contributed by atoms with Crippen LogP contribution < -0.4 is 5.43 Å². The molecule has 0 aliphatic heterocycles. The fourth-order valence-electron chi connectivity index (χ4n) is 2.12. The Labute approximate surface area is 155 Å². The number of hydrazone groups is 1. The van der Waals surface area contributed by atoms with Crippen molar-refractivity contribution in [2.45, 2.75) is 13.8 Å². The average Bonchev–Trinajstić information content (AvgIpc) is 3.01. The third kappa shape index (κ3) is 3.96. The van der Waals surface area contributed by atoms with E-state index < -0.39 is 0 Å². The van der Waals surface area contributed by atoms with Crippen LogP contribution in [0.3, 0.4) is 0 Å². The van der Waals surface area contributed by atoms with Crippen molar-refractivity contribution in [1.29, 1.82) is 0 Å². The van der Waals surface area contributed by atoms with Gasteiger partial charge in [0.2, 0.25) is 5.13 Å². The van der Waals surface area contributed by atoms with Crippen LogP contribution in [-0.4, -0.2) is 11.2 Å². The molecule has 0 saturated heterocycles. The summed E-state index contributed by atoms with van der Waals surface area (Å²) in [5.41, 5.74) is 8.30. The highest BCUT2D eigenvalue weighted by Crippen LogP contribution is 2.26. The first-order valence-corrected chi connectivity index (χ1v) is 8.94. The quantitative estimate of drug-likeness (QED) is 0.436. The zero-order chi connectivity index (χ0) is 17.1. The van der Waals surface area contributed by atoms with Crippen molar-refractivity contribution in [3.63, 3.8) is 0 Å². The van der Waals surface area contributed by atoms with Crippen molar-refractivity contribution < 1.29 is 0 Å². The van der Waals surface area contributed by atoms with Crippen LogP contribution in [0.2, 0.25) is 10.0 Å². The number of aromatic nitrogens is 1. The predicted octanol–water partition coefficient (Wildman–Crippen LogP) is 6.18. The molecule has 0 saturated carbocycles. The second-order valence-corrected chi connectivity index (χ2v) is 7.07. The lowest BCUT2D eigenvalue weighted by atomic mass is 10.1. The molecule has 0 atom stereocenters. The van der Waals surface area contributed by atoms with E-state index in [1.54, 1.807) is 18.3 Å². The molecule has 0 amide bonds. The molecule has 1 N–H and O–H groups in total. The van der Waals surface area contributed by atoms with E-state index >= 15 is 0 Å². The minimum atomic E-state index is 0.558. The van der Waals surface area contributed by atoms with Crippen LogP contribution in [0.25, 0.3) is 11.3 Å². The van der Waals surface area contributed by atoms with Crippen molar-refractivity contribution in [3.05, 3.63) is 68.5 Å². The maximum absolute atomic E-state index is 6.11. The van der Waals surface area contributed by atoms with Gasteiger partial charge < -0.3 is 0 Å². The summed E-state index contributed by atoms with van der Waals surface area (Å²) in [5.74, 6) is 0. The number of nitrogens with one attached hydrogen (secondary N) is 1. The van der Waals surface area contributed by atoms with E-state index in [1.807, 2.05) is 11.4 Å². The van der Waals surface area contributed by atoms with Crippen LogP contribution in [-0.2, 0) is 0 Å². The smallest absolute Gasteiger partial charge is 0.203 e. The van der Waals surface area contributed by atoms with Crippen LogP contribution in [0.5, 0.6) is 0 Å². The Kier molecular flexibility index (Phi) is 5.19. The van der Waals surface area contributed by atoms with E-state index in [9.17, 15) is 0 Å². The average molecular weight is 376 g/mol. The number of hydrogen-bond acceptors (Lipinski definition) is 4. The summed E-state index contributed by atoms with van der Waals surface area (Å²) >= 11 is 13.5. The highest BCUT2D eigenvalue weighted by molar-refractivity contribution is 7.14. The van der Waals surface area contributed by atoms with Gasteiger partial charge in [-0.05, 0) is 43.2 Å². The molecule has 0 spiro atoms. The van der Waals surface area contributed by atoms with Crippen molar-refractivity contribution in [1.82, 2.24) is 4.98 Å². The molecule has 24 heavy (non-hydrogen) atoms. The molecule has 1 aromatic heterocycles. The van der Waals surface area contributed by atoms with Gasteiger partial charge in [-0.2, -0.15) is 5.10 Å². The first-order chi connectivity index (χ1) is 11.5. The number of halogens is 2. The van der Waals surface area contributed by atoms with E-state index in [4.69, 9.17) is 23.2 Å². The number of aryl methyl sites for hydroxylation is 2. The lowest BCUT2D eigenvalue weighted by Gasteiger charge is -2.02. The van der Waals surface area contributed by atoms with Gasteiger partial charge in [0, 0.05) is 21.5 Å². The highest BCUT2D eigenvalue weighted by Gasteiger charge is 2.05. The first kappa shape index (κ1) is 17.0. The molecule has 122 valence electrons. The number of anilines is 1. The normalized spacial score (nSPS) is 11.2. The second kappa shape index (κ2) is 7.34. The van der Waals surface area contributed by atoms with E-state index in [1.165, 1.54) is 22.5 Å². The molecule has 2 aromatic carbocycles. The molecular weight excluding hydrogens is 361 g/mol. The summed E-state index contributed by atoms with van der Waals surface area (Å²) in [6.45, 7) is 4.20. The molecule has 0 radical (unpaired) electrons. The van der Waals surface area contributed by atoms with Gasteiger partial charge in [0.05, 0.1) is 16.9 Å². The summed E-state index contributed by atoms with van der Waals surface area (Å²) < 4.78 is 0. The first-order valence-electron chi connectivity index (χ1n) is 7.30. The predicted molar refractivity (Wildman–Crippen MR) is 105 cm³/mol. The standard InChI is InChI=1S/C18H15Cl2N3S/c1-11-3-4-13(7-12(11)2)17-10-24-18(22-17)23-21-9-14-5-6-15(19)8-16(14)20/h3-10H,1-2H3,(H,22,23)/b21-9-. The van der Waals surface area contributed by atoms with Gasteiger partial charge in [-0.3, -0.25) is 5.43 Å². The lowest BCUT2D eigenvalue weighted by molar-refractivity contribution is 1.28. The molecule has 0 bridgehead atoms. The minimum Gasteiger partial charge on any atom is -0.253 e. The van der Waals surface area contributed by atoms with Crippen LogP contribution in [0, 0.1) is 13.8 Å². The molecular formula is C18H15Cl2N3S. The number of nitrogens with zero attached hydrogens (tertiary/aromatic N) is 2. The fraction of sp³-hybridized carbons (Fsp3) is 0.111. The summed E-state index contributed by atoms with van der Waals surface area (Å²) in [6.07, 6.45) is 1.65. The number of benzene rings is 2. The van der Waals surface area contributed by atoms with Crippen molar-refractivity contribution in [2.24, 2.45) is 5.10 Å². The number of rotatable bonds is 4. The topological polar surface area (TPSA) is 37.3 Å². The minimum absolute atomic E-state index is 0.558. The van der Waals surface area contributed by atoms with E-state index in [-0.39, 0.29) is 0 Å². The maximum Gasteiger partial charge on any atom is 0.203 e. The second-order valence-electron chi connectivity index (χ2n) is 5.37. The number of hydrogen-bond donors (Lipinski definition) is 1. The van der Waals surface area contributed by atoms with Gasteiger partial charge in [0.15, 0.2) is 0 Å². The van der Waals surface area contributed by atoms with Gasteiger partial charge in [-0.25, -0.2) is 4.98 Å². The third-order valence-electron chi connectivity index (χ3n) is 3.63. The molecule has 0 fully saturated rings. The van der Waals surface area contributed by atoms with Crippen LogP contribution in [0.4, 0.5) is 5.13 Å². The summed E-state index contributed by atoms with van der Waals surface area (Å²) in [5, 5.41) is 8.08. The largest absolute Gasteiger partial charge is 0.253 e. The molecule has 3 nitrogen and oxygen atoms in total. The zero-order valence-corrected chi connectivity index (χ0v) is 15.5. The molecule has 6 heteroatoms. The Morgan fingerprint density at radius 2 is 1.92 bits per heavy atom. The van der Waals surface area contributed by atoms with Crippen LogP contribution in [0.1, 0.15) is 16.7 Å². The maximum atomic E-state index is 6.11. The summed E-state index contributed by atoms with van der Waals surface area (Å²) in [4.78, 5) is 4.56. The van der Waals surface area contributed by atoms with Crippen molar-refractivity contribution in [2.75, 3.05) is 5.43 Å². The Morgan fingerprint density at radius 3 is 2.67 bits per heavy atom. The van der Waals surface area contributed by atoms with Crippen molar-refractivity contribution in [3.8, 4) is 11.3 Å². The number of thiazole rings is 1. The summed E-state index contributed by atoms with van der Waals surface area (Å²) in [6, 6.07) is 11.6. The molecule has 0 unspecified atom stereocenters.